The number of aryl methyl sites for hydroxylation is 1. The minimum Gasteiger partial charge on any atom is -0.457 e. The molecule has 1 aliphatic rings. The second-order valence-corrected chi connectivity index (χ2v) is 8.07. The van der Waals surface area contributed by atoms with Crippen LogP contribution < -0.4 is 10.1 Å². The summed E-state index contributed by atoms with van der Waals surface area (Å²) in [5.41, 5.74) is 4.55. The zero-order chi connectivity index (χ0) is 21.6. The maximum absolute atomic E-state index is 9.54. The van der Waals surface area contributed by atoms with Crippen molar-refractivity contribution in [1.29, 1.82) is 0 Å². The molecule has 0 bridgehead atoms. The molecule has 0 saturated carbocycles. The fraction of sp³-hybridized carbons (Fsp3) is 0.240. The van der Waals surface area contributed by atoms with Gasteiger partial charge >= 0.3 is 0 Å². The highest BCUT2D eigenvalue weighted by molar-refractivity contribution is 6.30. The van der Waals surface area contributed by atoms with E-state index in [0.717, 1.165) is 47.0 Å². The Hall–Kier alpha value is -2.86. The third kappa shape index (κ3) is 5.85. The zero-order valence-electron chi connectivity index (χ0n) is 17.1. The predicted molar refractivity (Wildman–Crippen MR) is 124 cm³/mol. The summed E-state index contributed by atoms with van der Waals surface area (Å²) in [5.74, 6) is 2.46. The number of hydrogen-bond acceptors (Lipinski definition) is 4. The van der Waals surface area contributed by atoms with Crippen LogP contribution in [0, 0.1) is 0 Å². The Kier molecular flexibility index (Phi) is 6.87. The lowest BCUT2D eigenvalue weighted by Crippen LogP contribution is -2.12. The van der Waals surface area contributed by atoms with E-state index < -0.39 is 6.10 Å². The summed E-state index contributed by atoms with van der Waals surface area (Å²) in [7, 11) is 0. The van der Waals surface area contributed by atoms with Crippen LogP contribution in [-0.2, 0) is 19.4 Å². The van der Waals surface area contributed by atoms with Crippen molar-refractivity contribution in [3.8, 4) is 11.5 Å². The molecular formula is C25H25ClN2O3. The van der Waals surface area contributed by atoms with Crippen LogP contribution in [0.4, 0.5) is 5.69 Å². The second kappa shape index (κ2) is 9.96. The largest absolute Gasteiger partial charge is 0.457 e. The molecule has 0 spiro atoms. The maximum atomic E-state index is 9.54. The molecule has 0 aliphatic carbocycles. The number of fused-ring (bicyclic) bond motifs is 1. The lowest BCUT2D eigenvalue weighted by molar-refractivity contribution is 0.0886. The smallest absolute Gasteiger partial charge is 0.127 e. The van der Waals surface area contributed by atoms with Crippen molar-refractivity contribution in [3.05, 3.63) is 88.4 Å². The van der Waals surface area contributed by atoms with Crippen LogP contribution in [0.2, 0.25) is 5.02 Å². The second-order valence-electron chi connectivity index (χ2n) is 7.63. The van der Waals surface area contributed by atoms with Crippen molar-refractivity contribution < 1.29 is 14.9 Å². The zero-order valence-corrected chi connectivity index (χ0v) is 17.8. The quantitative estimate of drug-likeness (QED) is 0.465. The molecule has 4 rings (SSSR count). The molecule has 0 amide bonds. The first-order valence-electron chi connectivity index (χ1n) is 10.3. The fourth-order valence-corrected chi connectivity index (χ4v) is 3.59. The Morgan fingerprint density at radius 3 is 2.35 bits per heavy atom. The van der Waals surface area contributed by atoms with Crippen molar-refractivity contribution >= 4 is 23.1 Å². The molecule has 160 valence electrons. The van der Waals surface area contributed by atoms with E-state index in [1.54, 1.807) is 12.1 Å². The molecule has 1 unspecified atom stereocenters. The van der Waals surface area contributed by atoms with Crippen molar-refractivity contribution in [2.75, 3.05) is 11.9 Å². The Labute approximate surface area is 187 Å². The van der Waals surface area contributed by atoms with Gasteiger partial charge in [-0.2, -0.15) is 0 Å². The number of ether oxygens (including phenoxy) is 1. The van der Waals surface area contributed by atoms with Crippen molar-refractivity contribution in [2.24, 2.45) is 4.99 Å². The number of halogens is 1. The van der Waals surface area contributed by atoms with E-state index in [4.69, 9.17) is 26.4 Å². The summed E-state index contributed by atoms with van der Waals surface area (Å²) in [4.78, 5) is 4.73. The third-order valence-corrected chi connectivity index (χ3v) is 5.46. The van der Waals surface area contributed by atoms with Gasteiger partial charge in [-0.15, -0.1) is 0 Å². The van der Waals surface area contributed by atoms with Gasteiger partial charge in [0.2, 0.25) is 0 Å². The van der Waals surface area contributed by atoms with Gasteiger partial charge in [0.15, 0.2) is 0 Å². The number of hydrogen-bond donors (Lipinski definition) is 3. The number of rotatable bonds is 8. The maximum Gasteiger partial charge on any atom is 0.127 e. The highest BCUT2D eigenvalue weighted by Gasteiger charge is 2.16. The average molecular weight is 437 g/mol. The topological polar surface area (TPSA) is 74.1 Å². The van der Waals surface area contributed by atoms with Gasteiger partial charge in [0.25, 0.3) is 0 Å². The lowest BCUT2D eigenvalue weighted by Gasteiger charge is -2.07. The normalized spacial score (nSPS) is 14.9. The standard InChI is InChI=1S/C25H25ClN2O3/c26-20-5-10-23(11-6-20)31-22-8-2-18(3-9-22)15-27-25-14-19-13-17(1-7-21(30)16-29)4-12-24(19)28-25/h2-6,8-13,21,29-30H,1,7,14-16H2,(H,27,28). The highest BCUT2D eigenvalue weighted by Crippen LogP contribution is 2.26. The summed E-state index contributed by atoms with van der Waals surface area (Å²) in [6, 6.07) is 21.5. The summed E-state index contributed by atoms with van der Waals surface area (Å²) < 4.78 is 5.83. The molecule has 6 heteroatoms. The van der Waals surface area contributed by atoms with E-state index in [-0.39, 0.29) is 6.61 Å². The Morgan fingerprint density at radius 2 is 1.65 bits per heavy atom. The Balaban J connectivity index is 1.32. The number of amidine groups is 1. The van der Waals surface area contributed by atoms with Gasteiger partial charge in [-0.25, -0.2) is 0 Å². The van der Waals surface area contributed by atoms with Gasteiger partial charge in [-0.05, 0) is 72.0 Å². The van der Waals surface area contributed by atoms with E-state index >= 15 is 0 Å². The minimum atomic E-state index is -0.661. The van der Waals surface area contributed by atoms with Gasteiger partial charge in [-0.3, -0.25) is 4.99 Å². The number of benzene rings is 3. The fourth-order valence-electron chi connectivity index (χ4n) is 3.46. The summed E-state index contributed by atoms with van der Waals surface area (Å²) in [6.45, 7) is 0.393. The van der Waals surface area contributed by atoms with Crippen molar-refractivity contribution in [3.63, 3.8) is 0 Å². The molecule has 3 aromatic rings. The number of aliphatic imine (C=N–C) groups is 1. The monoisotopic (exact) mass is 436 g/mol. The molecule has 31 heavy (non-hydrogen) atoms. The summed E-state index contributed by atoms with van der Waals surface area (Å²) in [6.07, 6.45) is 1.41. The predicted octanol–water partition coefficient (Wildman–Crippen LogP) is 4.98. The van der Waals surface area contributed by atoms with Crippen molar-refractivity contribution in [1.82, 2.24) is 0 Å². The van der Waals surface area contributed by atoms with Gasteiger partial charge in [-0.1, -0.05) is 35.9 Å². The van der Waals surface area contributed by atoms with Gasteiger partial charge < -0.3 is 20.3 Å². The van der Waals surface area contributed by atoms with Crippen LogP contribution in [0.25, 0.3) is 0 Å². The lowest BCUT2D eigenvalue weighted by atomic mass is 10.0. The molecule has 1 heterocycles. The first-order chi connectivity index (χ1) is 15.1. The van der Waals surface area contributed by atoms with Crippen LogP contribution in [0.5, 0.6) is 11.5 Å². The summed E-state index contributed by atoms with van der Waals surface area (Å²) >= 11 is 5.90. The molecule has 5 nitrogen and oxygen atoms in total. The molecule has 3 aromatic carbocycles. The number of anilines is 1. The van der Waals surface area contributed by atoms with E-state index in [2.05, 4.69) is 23.5 Å². The molecule has 0 fully saturated rings. The van der Waals surface area contributed by atoms with E-state index in [1.165, 1.54) is 5.56 Å². The van der Waals surface area contributed by atoms with Gasteiger partial charge in [0, 0.05) is 17.1 Å². The minimum absolute atomic E-state index is 0.197. The van der Waals surface area contributed by atoms with E-state index in [1.807, 2.05) is 36.4 Å². The van der Waals surface area contributed by atoms with Gasteiger partial charge in [0.05, 0.1) is 19.3 Å². The first kappa shape index (κ1) is 21.4. The van der Waals surface area contributed by atoms with Crippen LogP contribution in [-0.4, -0.2) is 28.8 Å². The van der Waals surface area contributed by atoms with Crippen LogP contribution in [0.15, 0.2) is 71.7 Å². The number of aliphatic hydroxyl groups excluding tert-OH is 2. The molecule has 0 saturated heterocycles. The third-order valence-electron chi connectivity index (χ3n) is 5.21. The van der Waals surface area contributed by atoms with Crippen LogP contribution in [0.3, 0.4) is 0 Å². The van der Waals surface area contributed by atoms with Crippen LogP contribution >= 0.6 is 11.6 Å². The van der Waals surface area contributed by atoms with Crippen LogP contribution in [0.1, 0.15) is 23.1 Å². The first-order valence-corrected chi connectivity index (χ1v) is 10.7. The van der Waals surface area contributed by atoms with Crippen molar-refractivity contribution in [2.45, 2.75) is 31.9 Å². The average Bonchev–Trinajstić information content (AvgIpc) is 3.20. The molecule has 0 radical (unpaired) electrons. The van der Waals surface area contributed by atoms with Gasteiger partial charge in [0.1, 0.15) is 17.3 Å². The molecule has 3 N–H and O–H groups in total. The Morgan fingerprint density at radius 1 is 0.968 bits per heavy atom. The van der Waals surface area contributed by atoms with E-state index in [9.17, 15) is 5.11 Å². The SMILES string of the molecule is OCC(O)CCc1ccc2c(c1)CC(=NCc1ccc(Oc3ccc(Cl)cc3)cc1)N2. The molecular weight excluding hydrogens is 412 g/mol. The molecule has 0 aromatic heterocycles. The number of nitrogens with zero attached hydrogens (tertiary/aromatic N) is 1. The molecule has 1 atom stereocenters. The highest BCUT2D eigenvalue weighted by atomic mass is 35.5. The number of nitrogens with one attached hydrogen (secondary N) is 1. The number of aliphatic hydroxyl groups is 2. The summed E-state index contributed by atoms with van der Waals surface area (Å²) in [5, 5.41) is 22.6. The Bertz CT molecular complexity index is 1050. The van der Waals surface area contributed by atoms with E-state index in [0.29, 0.717) is 18.0 Å². The molecule has 1 aliphatic heterocycles.